The average Bonchev–Trinajstić information content (AvgIpc) is 2.82. The Hall–Kier alpha value is -2.53. The zero-order valence-corrected chi connectivity index (χ0v) is 13.2. The summed E-state index contributed by atoms with van der Waals surface area (Å²) in [4.78, 5) is 11.0. The number of rotatable bonds is 5. The summed E-state index contributed by atoms with van der Waals surface area (Å²) in [5.41, 5.74) is 1.73. The number of aryl methyl sites for hydroxylation is 1. The molecule has 0 saturated carbocycles. The molecule has 0 amide bonds. The second-order valence-corrected chi connectivity index (χ2v) is 5.62. The van der Waals surface area contributed by atoms with Gasteiger partial charge < -0.3 is 14.4 Å². The average molecular weight is 331 g/mol. The highest BCUT2D eigenvalue weighted by atomic mass is 35.5. The molecule has 3 aromatic rings. The maximum absolute atomic E-state index is 11.0. The SMILES string of the molecule is Cc1ccc(OCCn2c(O)c(N=O)c3cccc(Cl)c32)cc1. The predicted octanol–water partition coefficient (Wildman–Crippen LogP) is 4.79. The van der Waals surface area contributed by atoms with Gasteiger partial charge >= 0.3 is 0 Å². The topological polar surface area (TPSA) is 63.8 Å². The van der Waals surface area contributed by atoms with E-state index in [1.54, 1.807) is 22.8 Å². The van der Waals surface area contributed by atoms with E-state index in [2.05, 4.69) is 5.18 Å². The van der Waals surface area contributed by atoms with E-state index < -0.39 is 0 Å². The fourth-order valence-electron chi connectivity index (χ4n) is 2.53. The minimum atomic E-state index is -0.199. The largest absolute Gasteiger partial charge is 0.493 e. The Morgan fingerprint density at radius 2 is 1.96 bits per heavy atom. The first-order valence-electron chi connectivity index (χ1n) is 7.14. The van der Waals surface area contributed by atoms with Crippen molar-refractivity contribution >= 4 is 28.2 Å². The molecule has 0 saturated heterocycles. The molecular weight excluding hydrogens is 316 g/mol. The Bertz CT molecular complexity index is 856. The molecule has 1 N–H and O–H groups in total. The fraction of sp³-hybridized carbons (Fsp3) is 0.176. The van der Waals surface area contributed by atoms with Gasteiger partial charge in [-0.1, -0.05) is 41.4 Å². The summed E-state index contributed by atoms with van der Waals surface area (Å²) in [6.07, 6.45) is 0. The van der Waals surface area contributed by atoms with Crippen LogP contribution in [-0.4, -0.2) is 16.3 Å². The Labute approximate surface area is 138 Å². The second-order valence-electron chi connectivity index (χ2n) is 5.21. The summed E-state index contributed by atoms with van der Waals surface area (Å²) in [7, 11) is 0. The molecule has 1 heterocycles. The van der Waals surface area contributed by atoms with Crippen LogP contribution in [0.2, 0.25) is 5.02 Å². The number of hydrogen-bond acceptors (Lipinski definition) is 4. The first kappa shape index (κ1) is 15.4. The lowest BCUT2D eigenvalue weighted by Crippen LogP contribution is -2.07. The number of hydrogen-bond donors (Lipinski definition) is 1. The smallest absolute Gasteiger partial charge is 0.222 e. The van der Waals surface area contributed by atoms with E-state index in [0.29, 0.717) is 29.1 Å². The minimum Gasteiger partial charge on any atom is -0.493 e. The maximum Gasteiger partial charge on any atom is 0.222 e. The molecular formula is C17H15ClN2O3. The molecule has 0 aliphatic carbocycles. The van der Waals surface area contributed by atoms with E-state index in [1.165, 1.54) is 0 Å². The zero-order valence-electron chi connectivity index (χ0n) is 12.5. The number of nitroso groups, excluding NO2 is 1. The van der Waals surface area contributed by atoms with Gasteiger partial charge in [0, 0.05) is 5.39 Å². The van der Waals surface area contributed by atoms with Crippen LogP contribution in [0, 0.1) is 11.8 Å². The predicted molar refractivity (Wildman–Crippen MR) is 90.7 cm³/mol. The molecule has 0 aliphatic rings. The van der Waals surface area contributed by atoms with E-state index in [0.717, 1.165) is 11.3 Å². The number of ether oxygens (including phenoxy) is 1. The van der Waals surface area contributed by atoms with Gasteiger partial charge in [-0.25, -0.2) is 0 Å². The normalized spacial score (nSPS) is 10.9. The molecule has 118 valence electrons. The lowest BCUT2D eigenvalue weighted by Gasteiger charge is -2.10. The van der Waals surface area contributed by atoms with Crippen molar-refractivity contribution in [2.24, 2.45) is 5.18 Å². The Balaban J connectivity index is 1.86. The quantitative estimate of drug-likeness (QED) is 0.684. The summed E-state index contributed by atoms with van der Waals surface area (Å²) < 4.78 is 7.21. The van der Waals surface area contributed by atoms with Crippen LogP contribution >= 0.6 is 11.6 Å². The molecule has 0 spiro atoms. The summed E-state index contributed by atoms with van der Waals surface area (Å²) in [6.45, 7) is 2.67. The van der Waals surface area contributed by atoms with Gasteiger partial charge in [-0.15, -0.1) is 4.91 Å². The van der Waals surface area contributed by atoms with Gasteiger partial charge in [0.05, 0.1) is 17.1 Å². The van der Waals surface area contributed by atoms with Crippen molar-refractivity contribution in [1.29, 1.82) is 0 Å². The first-order valence-corrected chi connectivity index (χ1v) is 7.52. The standard InChI is InChI=1S/C17H15ClN2O3/c1-11-5-7-12(8-6-11)23-10-9-20-16-13(3-2-4-14(16)18)15(19-22)17(20)21/h2-8,21H,9-10H2,1H3. The maximum atomic E-state index is 11.0. The molecule has 5 nitrogen and oxygen atoms in total. The number of fused-ring (bicyclic) bond motifs is 1. The summed E-state index contributed by atoms with van der Waals surface area (Å²) in [6, 6.07) is 12.8. The number of aromatic nitrogens is 1. The van der Waals surface area contributed by atoms with Crippen LogP contribution < -0.4 is 4.74 Å². The van der Waals surface area contributed by atoms with E-state index in [1.807, 2.05) is 31.2 Å². The van der Waals surface area contributed by atoms with Crippen LogP contribution in [0.1, 0.15) is 5.56 Å². The van der Waals surface area contributed by atoms with E-state index in [-0.39, 0.29) is 11.6 Å². The van der Waals surface area contributed by atoms with Gasteiger partial charge in [-0.05, 0) is 30.3 Å². The van der Waals surface area contributed by atoms with Crippen LogP contribution in [0.5, 0.6) is 11.6 Å². The molecule has 2 aromatic carbocycles. The van der Waals surface area contributed by atoms with Crippen LogP contribution in [0.3, 0.4) is 0 Å². The van der Waals surface area contributed by atoms with Gasteiger partial charge in [-0.2, -0.15) is 0 Å². The van der Waals surface area contributed by atoms with E-state index >= 15 is 0 Å². The van der Waals surface area contributed by atoms with Crippen molar-refractivity contribution in [3.63, 3.8) is 0 Å². The van der Waals surface area contributed by atoms with Gasteiger partial charge in [0.15, 0.2) is 5.69 Å². The molecule has 3 rings (SSSR count). The van der Waals surface area contributed by atoms with E-state index in [4.69, 9.17) is 16.3 Å². The highest BCUT2D eigenvalue weighted by molar-refractivity contribution is 6.35. The molecule has 0 radical (unpaired) electrons. The Kier molecular flexibility index (Phi) is 4.21. The molecule has 0 fully saturated rings. The van der Waals surface area contributed by atoms with Crippen molar-refractivity contribution in [2.75, 3.05) is 6.61 Å². The van der Waals surface area contributed by atoms with Crippen molar-refractivity contribution in [3.8, 4) is 11.6 Å². The molecule has 6 heteroatoms. The number of para-hydroxylation sites is 1. The monoisotopic (exact) mass is 330 g/mol. The van der Waals surface area contributed by atoms with Crippen molar-refractivity contribution < 1.29 is 9.84 Å². The number of aromatic hydroxyl groups is 1. The number of benzene rings is 2. The highest BCUT2D eigenvalue weighted by Crippen LogP contribution is 2.41. The van der Waals surface area contributed by atoms with Crippen molar-refractivity contribution in [1.82, 2.24) is 4.57 Å². The Morgan fingerprint density at radius 1 is 1.22 bits per heavy atom. The van der Waals surface area contributed by atoms with Crippen LogP contribution in [-0.2, 0) is 6.54 Å². The lowest BCUT2D eigenvalue weighted by atomic mass is 10.2. The van der Waals surface area contributed by atoms with Crippen LogP contribution in [0.25, 0.3) is 10.9 Å². The lowest BCUT2D eigenvalue weighted by molar-refractivity contribution is 0.290. The number of nitrogens with zero attached hydrogens (tertiary/aromatic N) is 2. The molecule has 0 aliphatic heterocycles. The second kappa shape index (κ2) is 6.30. The minimum absolute atomic E-state index is 0.00200. The van der Waals surface area contributed by atoms with E-state index in [9.17, 15) is 10.0 Å². The van der Waals surface area contributed by atoms with Crippen molar-refractivity contribution in [2.45, 2.75) is 13.5 Å². The molecule has 1 aromatic heterocycles. The number of halogens is 1. The van der Waals surface area contributed by atoms with Gasteiger partial charge in [0.1, 0.15) is 12.4 Å². The van der Waals surface area contributed by atoms with Crippen LogP contribution in [0.4, 0.5) is 5.69 Å². The Morgan fingerprint density at radius 3 is 2.65 bits per heavy atom. The fourth-order valence-corrected chi connectivity index (χ4v) is 2.81. The zero-order chi connectivity index (χ0) is 16.4. The van der Waals surface area contributed by atoms with Crippen molar-refractivity contribution in [3.05, 3.63) is 58.0 Å². The third-order valence-electron chi connectivity index (χ3n) is 3.68. The molecule has 23 heavy (non-hydrogen) atoms. The van der Waals surface area contributed by atoms with Crippen LogP contribution in [0.15, 0.2) is 47.6 Å². The van der Waals surface area contributed by atoms with Gasteiger partial charge in [-0.3, -0.25) is 0 Å². The first-order chi connectivity index (χ1) is 11.1. The third-order valence-corrected chi connectivity index (χ3v) is 3.98. The summed E-state index contributed by atoms with van der Waals surface area (Å²) in [5.74, 6) is 0.544. The van der Waals surface area contributed by atoms with Gasteiger partial charge in [0.2, 0.25) is 5.88 Å². The summed E-state index contributed by atoms with van der Waals surface area (Å²) in [5, 5.41) is 14.1. The summed E-state index contributed by atoms with van der Waals surface area (Å²) >= 11 is 6.20. The molecule has 0 atom stereocenters. The third kappa shape index (κ3) is 2.87. The highest BCUT2D eigenvalue weighted by Gasteiger charge is 2.19. The van der Waals surface area contributed by atoms with Gasteiger partial charge in [0.25, 0.3) is 0 Å². The molecule has 0 bridgehead atoms. The molecule has 0 unspecified atom stereocenters.